The lowest BCUT2D eigenvalue weighted by Gasteiger charge is -2.31. The van der Waals surface area contributed by atoms with E-state index >= 15 is 0 Å². The molecular weight excluding hydrogens is 358 g/mol. The molecule has 0 radical (unpaired) electrons. The van der Waals surface area contributed by atoms with Gasteiger partial charge in [0, 0.05) is 0 Å². The first kappa shape index (κ1) is 19.0. The predicted octanol–water partition coefficient (Wildman–Crippen LogP) is 4.96. The van der Waals surface area contributed by atoms with Crippen molar-refractivity contribution in [2.24, 2.45) is 0 Å². The summed E-state index contributed by atoms with van der Waals surface area (Å²) in [7, 11) is -2.16. The molecule has 0 N–H and O–H groups in total. The molecule has 0 aliphatic carbocycles. The Morgan fingerprint density at radius 2 is 1.44 bits per heavy atom. The number of rotatable bonds is 6. The summed E-state index contributed by atoms with van der Waals surface area (Å²) in [4.78, 5) is 0.265. The van der Waals surface area contributed by atoms with Crippen molar-refractivity contribution < 1.29 is 13.2 Å². The SMILES string of the molecule is COc1ccc(N([C@@H](C)c2ccccc2C)S(=O)(=O)c2ccccc2)cc1. The maximum Gasteiger partial charge on any atom is 0.264 e. The number of methoxy groups -OCH3 is 1. The first-order chi connectivity index (χ1) is 12.9. The van der Waals surface area contributed by atoms with Crippen molar-refractivity contribution in [1.82, 2.24) is 0 Å². The fourth-order valence-corrected chi connectivity index (χ4v) is 4.84. The zero-order valence-electron chi connectivity index (χ0n) is 15.7. The number of ether oxygens (including phenoxy) is 1. The van der Waals surface area contributed by atoms with Gasteiger partial charge in [0.15, 0.2) is 0 Å². The molecule has 0 aromatic heterocycles. The predicted molar refractivity (Wildman–Crippen MR) is 109 cm³/mol. The van der Waals surface area contributed by atoms with Gasteiger partial charge in [-0.05, 0) is 61.4 Å². The molecule has 0 spiro atoms. The summed E-state index contributed by atoms with van der Waals surface area (Å²) in [5, 5.41) is 0. The Kier molecular flexibility index (Phi) is 5.51. The zero-order valence-corrected chi connectivity index (χ0v) is 16.5. The first-order valence-corrected chi connectivity index (χ1v) is 10.2. The maximum absolute atomic E-state index is 13.5. The second-order valence-corrected chi connectivity index (χ2v) is 8.16. The van der Waals surface area contributed by atoms with Crippen LogP contribution in [-0.2, 0) is 10.0 Å². The van der Waals surface area contributed by atoms with E-state index in [9.17, 15) is 8.42 Å². The Morgan fingerprint density at radius 3 is 2.04 bits per heavy atom. The van der Waals surface area contributed by atoms with Crippen LogP contribution in [0, 0.1) is 6.92 Å². The van der Waals surface area contributed by atoms with Crippen molar-refractivity contribution in [2.75, 3.05) is 11.4 Å². The van der Waals surface area contributed by atoms with Crippen LogP contribution in [0.2, 0.25) is 0 Å². The molecule has 27 heavy (non-hydrogen) atoms. The minimum absolute atomic E-state index is 0.265. The quantitative estimate of drug-likeness (QED) is 0.606. The van der Waals surface area contributed by atoms with Gasteiger partial charge in [0.2, 0.25) is 0 Å². The molecule has 3 aromatic rings. The number of hydrogen-bond acceptors (Lipinski definition) is 3. The van der Waals surface area contributed by atoms with Crippen LogP contribution in [0.3, 0.4) is 0 Å². The van der Waals surface area contributed by atoms with Gasteiger partial charge in [0.1, 0.15) is 5.75 Å². The fraction of sp³-hybridized carbons (Fsp3) is 0.182. The van der Waals surface area contributed by atoms with Gasteiger partial charge in [-0.25, -0.2) is 8.42 Å². The van der Waals surface area contributed by atoms with Crippen molar-refractivity contribution >= 4 is 15.7 Å². The maximum atomic E-state index is 13.5. The van der Waals surface area contributed by atoms with Crippen LogP contribution in [0.15, 0.2) is 83.8 Å². The molecule has 0 aliphatic heterocycles. The first-order valence-electron chi connectivity index (χ1n) is 8.74. The molecule has 1 atom stereocenters. The molecule has 140 valence electrons. The Balaban J connectivity index is 2.15. The highest BCUT2D eigenvalue weighted by Gasteiger charge is 2.30. The summed E-state index contributed by atoms with van der Waals surface area (Å²) in [6.45, 7) is 3.90. The van der Waals surface area contributed by atoms with E-state index in [1.807, 2.05) is 44.2 Å². The van der Waals surface area contributed by atoms with Crippen molar-refractivity contribution in [3.8, 4) is 5.75 Å². The summed E-state index contributed by atoms with van der Waals surface area (Å²) in [6.07, 6.45) is 0. The average Bonchev–Trinajstić information content (AvgIpc) is 2.69. The summed E-state index contributed by atoms with van der Waals surface area (Å²) < 4.78 is 33.7. The van der Waals surface area contributed by atoms with E-state index in [1.165, 1.54) is 4.31 Å². The number of anilines is 1. The summed E-state index contributed by atoms with van der Waals surface area (Å²) in [6, 6.07) is 23.1. The minimum Gasteiger partial charge on any atom is -0.497 e. The highest BCUT2D eigenvalue weighted by atomic mass is 32.2. The molecule has 0 fully saturated rings. The van der Waals surface area contributed by atoms with E-state index in [4.69, 9.17) is 4.74 Å². The third-order valence-electron chi connectivity index (χ3n) is 4.62. The lowest BCUT2D eigenvalue weighted by molar-refractivity contribution is 0.415. The molecule has 3 aromatic carbocycles. The van der Waals surface area contributed by atoms with E-state index in [1.54, 1.807) is 55.6 Å². The number of benzene rings is 3. The lowest BCUT2D eigenvalue weighted by atomic mass is 10.0. The van der Waals surface area contributed by atoms with Crippen molar-refractivity contribution in [1.29, 1.82) is 0 Å². The molecule has 5 heteroatoms. The van der Waals surface area contributed by atoms with Crippen LogP contribution in [-0.4, -0.2) is 15.5 Å². The molecule has 3 rings (SSSR count). The van der Waals surface area contributed by atoms with Crippen molar-refractivity contribution in [3.63, 3.8) is 0 Å². The number of nitrogens with zero attached hydrogens (tertiary/aromatic N) is 1. The van der Waals surface area contributed by atoms with Crippen molar-refractivity contribution in [3.05, 3.63) is 90.0 Å². The molecule has 0 bridgehead atoms. The molecule has 0 aliphatic rings. The van der Waals surface area contributed by atoms with E-state index in [0.29, 0.717) is 11.4 Å². The van der Waals surface area contributed by atoms with Gasteiger partial charge >= 0.3 is 0 Å². The average molecular weight is 381 g/mol. The van der Waals surface area contributed by atoms with Crippen LogP contribution in [0.1, 0.15) is 24.1 Å². The van der Waals surface area contributed by atoms with Crippen LogP contribution >= 0.6 is 0 Å². The molecular formula is C22H23NO3S. The third-order valence-corrected chi connectivity index (χ3v) is 6.53. The Bertz CT molecular complexity index is 999. The summed E-state index contributed by atoms with van der Waals surface area (Å²) in [5.41, 5.74) is 2.61. The van der Waals surface area contributed by atoms with Gasteiger partial charge < -0.3 is 4.74 Å². The Hall–Kier alpha value is -2.79. The highest BCUT2D eigenvalue weighted by molar-refractivity contribution is 7.92. The van der Waals surface area contributed by atoms with Crippen molar-refractivity contribution in [2.45, 2.75) is 24.8 Å². The van der Waals surface area contributed by atoms with Crippen LogP contribution in [0.4, 0.5) is 5.69 Å². The Labute approximate surface area is 161 Å². The van der Waals surface area contributed by atoms with Gasteiger partial charge in [0.05, 0.1) is 23.7 Å². The van der Waals surface area contributed by atoms with Gasteiger partial charge in [0.25, 0.3) is 10.0 Å². The minimum atomic E-state index is -3.75. The summed E-state index contributed by atoms with van der Waals surface area (Å²) >= 11 is 0. The topological polar surface area (TPSA) is 46.6 Å². The van der Waals surface area contributed by atoms with Crippen LogP contribution in [0.25, 0.3) is 0 Å². The number of aryl methyl sites for hydroxylation is 1. The molecule has 0 heterocycles. The van der Waals surface area contributed by atoms with Crippen LogP contribution in [0.5, 0.6) is 5.75 Å². The largest absolute Gasteiger partial charge is 0.497 e. The monoisotopic (exact) mass is 381 g/mol. The third kappa shape index (κ3) is 3.83. The molecule has 0 amide bonds. The second kappa shape index (κ2) is 7.84. The molecule has 0 saturated carbocycles. The van der Waals surface area contributed by atoms with E-state index in [-0.39, 0.29) is 10.9 Å². The van der Waals surface area contributed by atoms with E-state index < -0.39 is 10.0 Å². The van der Waals surface area contributed by atoms with Crippen LogP contribution < -0.4 is 9.04 Å². The second-order valence-electron chi connectivity index (χ2n) is 6.34. The lowest BCUT2D eigenvalue weighted by Crippen LogP contribution is -2.34. The fourth-order valence-electron chi connectivity index (χ4n) is 3.19. The normalized spacial score (nSPS) is 12.4. The Morgan fingerprint density at radius 1 is 0.852 bits per heavy atom. The smallest absolute Gasteiger partial charge is 0.264 e. The molecule has 0 unspecified atom stereocenters. The van der Waals surface area contributed by atoms with Gasteiger partial charge in [-0.1, -0.05) is 42.5 Å². The van der Waals surface area contributed by atoms with Gasteiger partial charge in [-0.15, -0.1) is 0 Å². The van der Waals surface area contributed by atoms with E-state index in [0.717, 1.165) is 11.1 Å². The van der Waals surface area contributed by atoms with E-state index in [2.05, 4.69) is 0 Å². The summed E-state index contributed by atoms with van der Waals surface area (Å²) in [5.74, 6) is 0.680. The number of sulfonamides is 1. The highest BCUT2D eigenvalue weighted by Crippen LogP contribution is 2.35. The van der Waals surface area contributed by atoms with Gasteiger partial charge in [-0.2, -0.15) is 0 Å². The molecule has 4 nitrogen and oxygen atoms in total. The standard InChI is InChI=1S/C22H23NO3S/c1-17-9-7-8-12-22(17)18(2)23(19-13-15-20(26-3)16-14-19)27(24,25)21-10-5-4-6-11-21/h4-16,18H,1-3H3/t18-/m0/s1. The van der Waals surface area contributed by atoms with Gasteiger partial charge in [-0.3, -0.25) is 4.31 Å². The zero-order chi connectivity index (χ0) is 19.4. The molecule has 0 saturated heterocycles. The number of hydrogen-bond donors (Lipinski definition) is 0.